The molecule has 3 N–H and O–H groups in total. The molecule has 0 bridgehead atoms. The van der Waals surface area contributed by atoms with Gasteiger partial charge in [-0.25, -0.2) is 0 Å². The van der Waals surface area contributed by atoms with Crippen LogP contribution < -0.4 is 11.1 Å². The summed E-state index contributed by atoms with van der Waals surface area (Å²) in [6, 6.07) is 5.62. The average Bonchev–Trinajstić information content (AvgIpc) is 1.96. The second-order valence-corrected chi connectivity index (χ2v) is 3.32. The van der Waals surface area contributed by atoms with Crippen molar-refractivity contribution in [2.75, 3.05) is 5.32 Å². The maximum absolute atomic E-state index is 5.86. The van der Waals surface area contributed by atoms with Crippen LogP contribution in [0.5, 0.6) is 0 Å². The standard InChI is InChI=1S/C8H9ClN2S/c1-5-2-3-6(9)7(4-5)11-8(10)12/h2-4H,1H3,(H3,10,11,12). The molecule has 0 aliphatic heterocycles. The van der Waals surface area contributed by atoms with E-state index in [1.54, 1.807) is 6.07 Å². The van der Waals surface area contributed by atoms with Crippen molar-refractivity contribution in [2.24, 2.45) is 5.73 Å². The predicted molar refractivity (Wildman–Crippen MR) is 56.6 cm³/mol. The quantitative estimate of drug-likeness (QED) is 0.684. The van der Waals surface area contributed by atoms with E-state index in [0.717, 1.165) is 11.3 Å². The second kappa shape index (κ2) is 3.74. The van der Waals surface area contributed by atoms with Gasteiger partial charge in [0.25, 0.3) is 0 Å². The summed E-state index contributed by atoms with van der Waals surface area (Å²) in [5.74, 6) is 0. The van der Waals surface area contributed by atoms with Gasteiger partial charge >= 0.3 is 0 Å². The number of benzene rings is 1. The minimum atomic E-state index is 0.225. The minimum absolute atomic E-state index is 0.225. The predicted octanol–water partition coefficient (Wildman–Crippen LogP) is 2.30. The number of thiocarbonyl (C=S) groups is 1. The van der Waals surface area contributed by atoms with Crippen LogP contribution in [-0.2, 0) is 0 Å². The topological polar surface area (TPSA) is 38.0 Å². The van der Waals surface area contributed by atoms with Crippen LogP contribution in [-0.4, -0.2) is 5.11 Å². The zero-order valence-corrected chi connectivity index (χ0v) is 8.17. The molecule has 0 aliphatic carbocycles. The van der Waals surface area contributed by atoms with Crippen LogP contribution in [0.4, 0.5) is 5.69 Å². The van der Waals surface area contributed by atoms with Gasteiger partial charge in [0.05, 0.1) is 10.7 Å². The van der Waals surface area contributed by atoms with Crippen molar-refractivity contribution in [2.45, 2.75) is 6.92 Å². The lowest BCUT2D eigenvalue weighted by Gasteiger charge is -2.06. The summed E-state index contributed by atoms with van der Waals surface area (Å²) >= 11 is 10.6. The molecule has 0 aromatic heterocycles. The largest absolute Gasteiger partial charge is 0.376 e. The molecule has 0 saturated heterocycles. The molecule has 0 aliphatic rings. The van der Waals surface area contributed by atoms with Gasteiger partial charge in [0.2, 0.25) is 0 Å². The fourth-order valence-corrected chi connectivity index (χ4v) is 1.14. The van der Waals surface area contributed by atoms with E-state index in [-0.39, 0.29) is 5.11 Å². The second-order valence-electron chi connectivity index (χ2n) is 2.47. The molecule has 64 valence electrons. The van der Waals surface area contributed by atoms with E-state index in [9.17, 15) is 0 Å². The molecule has 0 radical (unpaired) electrons. The number of rotatable bonds is 1. The smallest absolute Gasteiger partial charge is 0.168 e. The van der Waals surface area contributed by atoms with Gasteiger partial charge in [-0.2, -0.15) is 0 Å². The van der Waals surface area contributed by atoms with E-state index in [4.69, 9.17) is 17.3 Å². The van der Waals surface area contributed by atoms with Crippen LogP contribution in [0.3, 0.4) is 0 Å². The molecule has 1 aromatic rings. The molecular weight excluding hydrogens is 192 g/mol. The zero-order chi connectivity index (χ0) is 9.14. The van der Waals surface area contributed by atoms with Crippen molar-refractivity contribution in [1.82, 2.24) is 0 Å². The Morgan fingerprint density at radius 1 is 1.58 bits per heavy atom. The Morgan fingerprint density at radius 3 is 2.83 bits per heavy atom. The molecule has 0 unspecified atom stereocenters. The van der Waals surface area contributed by atoms with E-state index in [2.05, 4.69) is 17.5 Å². The fraction of sp³-hybridized carbons (Fsp3) is 0.125. The maximum Gasteiger partial charge on any atom is 0.168 e. The summed E-state index contributed by atoms with van der Waals surface area (Å²) in [4.78, 5) is 0. The Morgan fingerprint density at radius 2 is 2.25 bits per heavy atom. The van der Waals surface area contributed by atoms with Crippen molar-refractivity contribution in [1.29, 1.82) is 0 Å². The molecule has 1 aromatic carbocycles. The summed E-state index contributed by atoms with van der Waals surface area (Å²) in [5, 5.41) is 3.63. The summed E-state index contributed by atoms with van der Waals surface area (Å²) in [7, 11) is 0. The van der Waals surface area contributed by atoms with E-state index < -0.39 is 0 Å². The molecular formula is C8H9ClN2S. The van der Waals surface area contributed by atoms with Crippen LogP contribution >= 0.6 is 23.8 Å². The van der Waals surface area contributed by atoms with Gasteiger partial charge in [0.15, 0.2) is 5.11 Å². The van der Waals surface area contributed by atoms with Gasteiger partial charge < -0.3 is 11.1 Å². The summed E-state index contributed by atoms with van der Waals surface area (Å²) in [6.07, 6.45) is 0. The lowest BCUT2D eigenvalue weighted by atomic mass is 10.2. The number of nitrogens with two attached hydrogens (primary N) is 1. The Hall–Kier alpha value is -0.800. The van der Waals surface area contributed by atoms with Crippen molar-refractivity contribution in [3.8, 4) is 0 Å². The third-order valence-corrected chi connectivity index (χ3v) is 1.81. The first kappa shape index (κ1) is 9.29. The Kier molecular flexibility index (Phi) is 2.89. The molecule has 12 heavy (non-hydrogen) atoms. The monoisotopic (exact) mass is 200 g/mol. The van der Waals surface area contributed by atoms with Gasteiger partial charge in [-0.1, -0.05) is 17.7 Å². The number of aryl methyl sites for hydroxylation is 1. The molecule has 0 heterocycles. The molecule has 1 rings (SSSR count). The Labute approximate surface area is 81.7 Å². The van der Waals surface area contributed by atoms with Crippen molar-refractivity contribution in [3.05, 3.63) is 28.8 Å². The first-order valence-electron chi connectivity index (χ1n) is 3.42. The highest BCUT2D eigenvalue weighted by molar-refractivity contribution is 7.80. The van der Waals surface area contributed by atoms with Crippen molar-refractivity contribution < 1.29 is 0 Å². The number of hydrogen-bond acceptors (Lipinski definition) is 1. The zero-order valence-electron chi connectivity index (χ0n) is 6.60. The highest BCUT2D eigenvalue weighted by Crippen LogP contribution is 2.22. The minimum Gasteiger partial charge on any atom is -0.376 e. The number of anilines is 1. The summed E-state index contributed by atoms with van der Waals surface area (Å²) < 4.78 is 0. The molecule has 0 fully saturated rings. The van der Waals surface area contributed by atoms with Crippen LogP contribution in [0.15, 0.2) is 18.2 Å². The number of nitrogens with one attached hydrogen (secondary N) is 1. The van der Waals surface area contributed by atoms with Crippen molar-refractivity contribution >= 4 is 34.6 Å². The van der Waals surface area contributed by atoms with Gasteiger partial charge in [0, 0.05) is 0 Å². The Balaban J connectivity index is 2.97. The van der Waals surface area contributed by atoms with Crippen LogP contribution in [0.1, 0.15) is 5.56 Å². The lowest BCUT2D eigenvalue weighted by Crippen LogP contribution is -2.19. The van der Waals surface area contributed by atoms with Gasteiger partial charge in [-0.3, -0.25) is 0 Å². The van der Waals surface area contributed by atoms with Crippen LogP contribution in [0.25, 0.3) is 0 Å². The number of halogens is 1. The summed E-state index contributed by atoms with van der Waals surface area (Å²) in [6.45, 7) is 1.97. The highest BCUT2D eigenvalue weighted by Gasteiger charge is 1.99. The molecule has 0 spiro atoms. The number of hydrogen-bond donors (Lipinski definition) is 2. The fourth-order valence-electron chi connectivity index (χ4n) is 0.868. The molecule has 0 atom stereocenters. The molecule has 2 nitrogen and oxygen atoms in total. The average molecular weight is 201 g/mol. The van der Waals surface area contributed by atoms with E-state index in [1.165, 1.54) is 0 Å². The van der Waals surface area contributed by atoms with Gasteiger partial charge in [-0.15, -0.1) is 0 Å². The SMILES string of the molecule is Cc1ccc(Cl)c(NC(N)=S)c1. The van der Waals surface area contributed by atoms with Gasteiger partial charge in [-0.05, 0) is 36.8 Å². The summed E-state index contributed by atoms with van der Waals surface area (Å²) in [5.41, 5.74) is 7.17. The highest BCUT2D eigenvalue weighted by atomic mass is 35.5. The normalized spacial score (nSPS) is 9.50. The first-order chi connectivity index (χ1) is 5.59. The van der Waals surface area contributed by atoms with Crippen LogP contribution in [0, 0.1) is 6.92 Å². The third kappa shape index (κ3) is 2.36. The lowest BCUT2D eigenvalue weighted by molar-refractivity contribution is 1.46. The Bertz CT molecular complexity index is 312. The molecule has 0 saturated carbocycles. The maximum atomic E-state index is 5.86. The van der Waals surface area contributed by atoms with E-state index in [0.29, 0.717) is 5.02 Å². The molecule has 0 amide bonds. The molecule has 4 heteroatoms. The van der Waals surface area contributed by atoms with E-state index >= 15 is 0 Å². The van der Waals surface area contributed by atoms with Gasteiger partial charge in [0.1, 0.15) is 0 Å². The third-order valence-electron chi connectivity index (χ3n) is 1.38. The van der Waals surface area contributed by atoms with E-state index in [1.807, 2.05) is 19.1 Å². The van der Waals surface area contributed by atoms with Crippen LogP contribution in [0.2, 0.25) is 5.02 Å². The van der Waals surface area contributed by atoms with Crippen molar-refractivity contribution in [3.63, 3.8) is 0 Å². The first-order valence-corrected chi connectivity index (χ1v) is 4.21.